The molecule has 3 N–H and O–H groups in total. The van der Waals surface area contributed by atoms with Gasteiger partial charge in [-0.15, -0.1) is 23.1 Å². The normalized spacial score (nSPS) is 11.0. The molecule has 0 atom stereocenters. The van der Waals surface area contributed by atoms with Crippen LogP contribution in [0.15, 0.2) is 130 Å². The van der Waals surface area contributed by atoms with Crippen LogP contribution in [0.1, 0.15) is 15.9 Å². The maximum absolute atomic E-state index is 13.4. The van der Waals surface area contributed by atoms with Gasteiger partial charge in [0.15, 0.2) is 5.13 Å². The molecule has 0 unspecified atom stereocenters. The van der Waals surface area contributed by atoms with Crippen molar-refractivity contribution in [2.45, 2.75) is 4.90 Å². The molecule has 10 heteroatoms. The number of aromatic nitrogens is 1. The molecule has 7 nitrogen and oxygen atoms in total. The van der Waals surface area contributed by atoms with Crippen molar-refractivity contribution in [1.29, 1.82) is 0 Å². The van der Waals surface area contributed by atoms with E-state index in [4.69, 9.17) is 0 Å². The van der Waals surface area contributed by atoms with Gasteiger partial charge in [-0.3, -0.25) is 14.4 Å². The number of carbonyl (C=O) groups is 3. The molecule has 0 aliphatic rings. The SMILES string of the molecule is O=C(CSc1cccc(NC(=O)/C(=C\c2cccc(Br)c2)NC(=O)c2ccccc2)c1)Nc1nc(-c2ccccc2)cs1. The first-order valence-electron chi connectivity index (χ1n) is 13.1. The van der Waals surface area contributed by atoms with E-state index in [0.717, 1.165) is 26.2 Å². The van der Waals surface area contributed by atoms with Gasteiger partial charge in [-0.25, -0.2) is 4.98 Å². The Labute approximate surface area is 265 Å². The monoisotopic (exact) mass is 668 g/mol. The quantitative estimate of drug-likeness (QED) is 0.105. The summed E-state index contributed by atoms with van der Waals surface area (Å²) in [5.41, 5.74) is 3.58. The Bertz CT molecular complexity index is 1780. The highest BCUT2D eigenvalue weighted by atomic mass is 79.9. The molecule has 214 valence electrons. The minimum Gasteiger partial charge on any atom is -0.321 e. The van der Waals surface area contributed by atoms with Crippen LogP contribution in [0, 0.1) is 0 Å². The van der Waals surface area contributed by atoms with Gasteiger partial charge in [-0.2, -0.15) is 0 Å². The molecule has 1 heterocycles. The molecule has 0 fully saturated rings. The van der Waals surface area contributed by atoms with Crippen LogP contribution in [0.3, 0.4) is 0 Å². The van der Waals surface area contributed by atoms with E-state index in [1.165, 1.54) is 23.1 Å². The molecule has 4 aromatic carbocycles. The zero-order valence-electron chi connectivity index (χ0n) is 22.6. The molecule has 43 heavy (non-hydrogen) atoms. The van der Waals surface area contributed by atoms with Crippen LogP contribution in [0.5, 0.6) is 0 Å². The molecule has 5 rings (SSSR count). The largest absolute Gasteiger partial charge is 0.321 e. The van der Waals surface area contributed by atoms with Crippen LogP contribution in [0.25, 0.3) is 17.3 Å². The van der Waals surface area contributed by atoms with E-state index in [9.17, 15) is 14.4 Å². The van der Waals surface area contributed by atoms with Crippen molar-refractivity contribution in [3.05, 3.63) is 136 Å². The second-order valence-corrected chi connectivity index (χ2v) is 12.0. The summed E-state index contributed by atoms with van der Waals surface area (Å²) in [6, 6.07) is 33.1. The van der Waals surface area contributed by atoms with Gasteiger partial charge in [0.05, 0.1) is 11.4 Å². The lowest BCUT2D eigenvalue weighted by molar-refractivity contribution is -0.114. The molecule has 3 amide bonds. The average Bonchev–Trinajstić information content (AvgIpc) is 3.49. The fourth-order valence-corrected chi connectivity index (χ4v) is 5.85. The minimum atomic E-state index is -0.484. The number of rotatable bonds is 10. The van der Waals surface area contributed by atoms with E-state index in [-0.39, 0.29) is 17.4 Å². The van der Waals surface area contributed by atoms with Gasteiger partial charge in [-0.05, 0) is 54.1 Å². The maximum atomic E-state index is 13.4. The molecular formula is C33H25BrN4O3S2. The standard InChI is InChI=1S/C33H25BrN4O3S2/c34-25-14-7-9-22(17-25)18-28(36-31(40)24-12-5-2-6-13-24)32(41)35-26-15-8-16-27(19-26)42-21-30(39)38-33-37-29(20-43-33)23-10-3-1-4-11-23/h1-20H,21H2,(H,35,41)(H,36,40)(H,37,38,39)/b28-18+. The Morgan fingerprint density at radius 3 is 2.35 bits per heavy atom. The molecule has 0 saturated heterocycles. The van der Waals surface area contributed by atoms with Crippen LogP contribution in [0.2, 0.25) is 0 Å². The Morgan fingerprint density at radius 2 is 1.58 bits per heavy atom. The maximum Gasteiger partial charge on any atom is 0.272 e. The van der Waals surface area contributed by atoms with E-state index in [2.05, 4.69) is 36.9 Å². The summed E-state index contributed by atoms with van der Waals surface area (Å²) in [7, 11) is 0. The average molecular weight is 670 g/mol. The second kappa shape index (κ2) is 14.6. The van der Waals surface area contributed by atoms with Crippen molar-refractivity contribution in [3.63, 3.8) is 0 Å². The Morgan fingerprint density at radius 1 is 0.837 bits per heavy atom. The molecule has 0 bridgehead atoms. The van der Waals surface area contributed by atoms with Crippen molar-refractivity contribution in [3.8, 4) is 11.3 Å². The summed E-state index contributed by atoms with van der Waals surface area (Å²) >= 11 is 6.15. The molecule has 0 aliphatic carbocycles. The summed E-state index contributed by atoms with van der Waals surface area (Å²) < 4.78 is 0.843. The molecule has 0 spiro atoms. The summed E-state index contributed by atoms with van der Waals surface area (Å²) in [5, 5.41) is 10.9. The lowest BCUT2D eigenvalue weighted by Gasteiger charge is -2.12. The van der Waals surface area contributed by atoms with E-state index < -0.39 is 11.8 Å². The third kappa shape index (κ3) is 8.74. The zero-order chi connectivity index (χ0) is 30.0. The molecule has 1 aromatic heterocycles. The zero-order valence-corrected chi connectivity index (χ0v) is 25.8. The summed E-state index contributed by atoms with van der Waals surface area (Å²) in [5.74, 6) is -0.902. The Kier molecular flexibility index (Phi) is 10.2. The van der Waals surface area contributed by atoms with Gasteiger partial charge >= 0.3 is 0 Å². The predicted octanol–water partition coefficient (Wildman–Crippen LogP) is 7.71. The van der Waals surface area contributed by atoms with Gasteiger partial charge in [0.25, 0.3) is 11.8 Å². The Hall–Kier alpha value is -4.51. The smallest absolute Gasteiger partial charge is 0.272 e. The van der Waals surface area contributed by atoms with Crippen molar-refractivity contribution in [2.75, 3.05) is 16.4 Å². The number of hydrogen-bond donors (Lipinski definition) is 3. The lowest BCUT2D eigenvalue weighted by atomic mass is 10.1. The van der Waals surface area contributed by atoms with Crippen LogP contribution in [-0.2, 0) is 9.59 Å². The number of nitrogens with zero attached hydrogens (tertiary/aromatic N) is 1. The molecule has 0 saturated carbocycles. The number of amides is 3. The lowest BCUT2D eigenvalue weighted by Crippen LogP contribution is -2.30. The first-order valence-corrected chi connectivity index (χ1v) is 15.8. The predicted molar refractivity (Wildman–Crippen MR) is 178 cm³/mol. The summed E-state index contributed by atoms with van der Waals surface area (Å²) in [6.07, 6.45) is 1.62. The van der Waals surface area contributed by atoms with Crippen molar-refractivity contribution in [1.82, 2.24) is 10.3 Å². The number of thiazole rings is 1. The molecule has 5 aromatic rings. The fraction of sp³-hybridized carbons (Fsp3) is 0.0303. The highest BCUT2D eigenvalue weighted by molar-refractivity contribution is 9.10. The number of halogens is 1. The molecular weight excluding hydrogens is 644 g/mol. The van der Waals surface area contributed by atoms with E-state index in [1.54, 1.807) is 48.5 Å². The third-order valence-corrected chi connectivity index (χ3v) is 8.22. The van der Waals surface area contributed by atoms with E-state index in [0.29, 0.717) is 16.4 Å². The Balaban J connectivity index is 1.23. The van der Waals surface area contributed by atoms with Gasteiger partial charge in [0.1, 0.15) is 5.70 Å². The van der Waals surface area contributed by atoms with Gasteiger partial charge in [-0.1, -0.05) is 82.7 Å². The second-order valence-electron chi connectivity index (χ2n) is 9.16. The van der Waals surface area contributed by atoms with Crippen molar-refractivity contribution in [2.24, 2.45) is 0 Å². The first-order chi connectivity index (χ1) is 20.9. The summed E-state index contributed by atoms with van der Waals surface area (Å²) in [6.45, 7) is 0. The van der Waals surface area contributed by atoms with Crippen molar-refractivity contribution >= 4 is 73.6 Å². The minimum absolute atomic E-state index is 0.0858. The molecule has 0 aliphatic heterocycles. The van der Waals surface area contributed by atoms with Crippen molar-refractivity contribution < 1.29 is 14.4 Å². The van der Waals surface area contributed by atoms with Gasteiger partial charge < -0.3 is 16.0 Å². The first kappa shape index (κ1) is 30.0. The fourth-order valence-electron chi connectivity index (χ4n) is 3.94. The van der Waals surface area contributed by atoms with Gasteiger partial charge in [0.2, 0.25) is 5.91 Å². The van der Waals surface area contributed by atoms with Crippen LogP contribution < -0.4 is 16.0 Å². The van der Waals surface area contributed by atoms with Crippen LogP contribution in [0.4, 0.5) is 10.8 Å². The number of benzene rings is 4. The highest BCUT2D eigenvalue weighted by Crippen LogP contribution is 2.26. The van der Waals surface area contributed by atoms with Gasteiger partial charge in [0, 0.05) is 31.6 Å². The number of thioether (sulfide) groups is 1. The van der Waals surface area contributed by atoms with Crippen LogP contribution in [-0.4, -0.2) is 28.5 Å². The number of anilines is 2. The topological polar surface area (TPSA) is 100 Å². The summed E-state index contributed by atoms with van der Waals surface area (Å²) in [4.78, 5) is 44.2. The highest BCUT2D eigenvalue weighted by Gasteiger charge is 2.16. The van der Waals surface area contributed by atoms with E-state index >= 15 is 0 Å². The van der Waals surface area contributed by atoms with Crippen LogP contribution >= 0.6 is 39.0 Å². The number of nitrogens with one attached hydrogen (secondary N) is 3. The number of carbonyl (C=O) groups excluding carboxylic acids is 3. The number of hydrogen-bond acceptors (Lipinski definition) is 6. The molecule has 0 radical (unpaired) electrons. The third-order valence-electron chi connectivity index (χ3n) is 5.97. The van der Waals surface area contributed by atoms with E-state index in [1.807, 2.05) is 72.1 Å².